The molecule has 27 heavy (non-hydrogen) atoms. The molecule has 1 aromatic carbocycles. The van der Waals surface area contributed by atoms with Gasteiger partial charge in [0.15, 0.2) is 17.3 Å². The van der Waals surface area contributed by atoms with Crippen molar-refractivity contribution in [2.75, 3.05) is 36.5 Å². The molecule has 0 aromatic heterocycles. The molecule has 0 radical (unpaired) electrons. The second kappa shape index (κ2) is 7.53. The molecule has 10 heteroatoms. The van der Waals surface area contributed by atoms with E-state index in [4.69, 9.17) is 4.74 Å². The van der Waals surface area contributed by atoms with Crippen molar-refractivity contribution < 1.29 is 23.2 Å². The van der Waals surface area contributed by atoms with E-state index < -0.39 is 28.3 Å². The summed E-state index contributed by atoms with van der Waals surface area (Å²) in [6.07, 6.45) is 1.11. The van der Waals surface area contributed by atoms with Gasteiger partial charge >= 0.3 is 6.09 Å². The van der Waals surface area contributed by atoms with Gasteiger partial charge in [-0.15, -0.1) is 0 Å². The molecule has 1 saturated carbocycles. The third-order valence-corrected chi connectivity index (χ3v) is 4.74. The van der Waals surface area contributed by atoms with Crippen LogP contribution in [0.1, 0.15) is 26.7 Å². The van der Waals surface area contributed by atoms with Crippen LogP contribution in [0, 0.1) is 21.7 Å². The molecule has 1 aliphatic heterocycles. The summed E-state index contributed by atoms with van der Waals surface area (Å²) in [5.41, 5.74) is -1.20. The zero-order chi connectivity index (χ0) is 19.7. The van der Waals surface area contributed by atoms with Crippen molar-refractivity contribution in [3.8, 4) is 0 Å². The Bertz CT molecular complexity index is 757. The SMILES string of the molecule is CCOC(=O)N1CCN(c2c(F)cc([N+](=O)[O-])c(NC3CC3)c2F)CC1C. The number of nitro benzene ring substituents is 1. The van der Waals surface area contributed by atoms with Gasteiger partial charge in [0.1, 0.15) is 5.69 Å². The lowest BCUT2D eigenvalue weighted by Gasteiger charge is -2.40. The van der Waals surface area contributed by atoms with Crippen molar-refractivity contribution in [3.05, 3.63) is 27.8 Å². The first-order valence-electron chi connectivity index (χ1n) is 8.94. The molecule has 1 aromatic rings. The number of rotatable bonds is 5. The highest BCUT2D eigenvalue weighted by Gasteiger charge is 2.35. The van der Waals surface area contributed by atoms with Crippen molar-refractivity contribution in [1.82, 2.24) is 4.90 Å². The van der Waals surface area contributed by atoms with Crippen LogP contribution in [0.5, 0.6) is 0 Å². The number of amides is 1. The second-order valence-electron chi connectivity index (χ2n) is 6.78. The van der Waals surface area contributed by atoms with Gasteiger partial charge in [-0.05, 0) is 26.7 Å². The Balaban J connectivity index is 1.88. The molecule has 2 fully saturated rings. The van der Waals surface area contributed by atoms with E-state index in [0.29, 0.717) is 0 Å². The van der Waals surface area contributed by atoms with E-state index in [1.54, 1.807) is 13.8 Å². The van der Waals surface area contributed by atoms with Crippen LogP contribution in [0.4, 0.5) is 30.6 Å². The molecule has 8 nitrogen and oxygen atoms in total. The monoisotopic (exact) mass is 384 g/mol. The third kappa shape index (κ3) is 3.88. The summed E-state index contributed by atoms with van der Waals surface area (Å²) in [5, 5.41) is 14.0. The number of nitrogens with one attached hydrogen (secondary N) is 1. The van der Waals surface area contributed by atoms with Crippen molar-refractivity contribution in [1.29, 1.82) is 0 Å². The highest BCUT2D eigenvalue weighted by molar-refractivity contribution is 5.73. The van der Waals surface area contributed by atoms with Gasteiger partial charge in [-0.2, -0.15) is 0 Å². The maximum atomic E-state index is 15.1. The molecule has 0 bridgehead atoms. The summed E-state index contributed by atoms with van der Waals surface area (Å²) >= 11 is 0. The molecular formula is C17H22F2N4O4. The zero-order valence-electron chi connectivity index (χ0n) is 15.2. The molecule has 1 aliphatic carbocycles. The summed E-state index contributed by atoms with van der Waals surface area (Å²) in [4.78, 5) is 25.3. The first kappa shape index (κ1) is 19.1. The average molecular weight is 384 g/mol. The van der Waals surface area contributed by atoms with Crippen molar-refractivity contribution in [2.45, 2.75) is 38.8 Å². The number of nitro groups is 1. The van der Waals surface area contributed by atoms with Crippen molar-refractivity contribution >= 4 is 23.2 Å². The largest absolute Gasteiger partial charge is 0.450 e. The normalized spacial score (nSPS) is 19.8. The van der Waals surface area contributed by atoms with Gasteiger partial charge in [0.05, 0.1) is 17.6 Å². The molecule has 0 spiro atoms. The molecule has 1 atom stereocenters. The number of anilines is 2. The lowest BCUT2D eigenvalue weighted by Crippen LogP contribution is -2.54. The molecular weight excluding hydrogens is 362 g/mol. The smallest absolute Gasteiger partial charge is 0.410 e. The van der Waals surface area contributed by atoms with Gasteiger partial charge < -0.3 is 19.9 Å². The summed E-state index contributed by atoms with van der Waals surface area (Å²) in [5.74, 6) is -1.96. The fraction of sp³-hybridized carbons (Fsp3) is 0.588. The number of halogens is 2. The summed E-state index contributed by atoms with van der Waals surface area (Å²) < 4.78 is 34.6. The molecule has 3 rings (SSSR count). The maximum absolute atomic E-state index is 15.1. The Hall–Kier alpha value is -2.65. The van der Waals surface area contributed by atoms with E-state index in [-0.39, 0.29) is 49.7 Å². The first-order valence-corrected chi connectivity index (χ1v) is 8.94. The van der Waals surface area contributed by atoms with E-state index >= 15 is 4.39 Å². The van der Waals surface area contributed by atoms with Crippen LogP contribution >= 0.6 is 0 Å². The summed E-state index contributed by atoms with van der Waals surface area (Å²) in [6.45, 7) is 4.32. The van der Waals surface area contributed by atoms with Crippen molar-refractivity contribution in [3.63, 3.8) is 0 Å². The van der Waals surface area contributed by atoms with Gasteiger partial charge in [-0.1, -0.05) is 0 Å². The number of nitrogens with zero attached hydrogens (tertiary/aromatic N) is 3. The van der Waals surface area contributed by atoms with Crippen LogP contribution in [-0.4, -0.2) is 54.2 Å². The number of benzene rings is 1. The summed E-state index contributed by atoms with van der Waals surface area (Å²) in [7, 11) is 0. The highest BCUT2D eigenvalue weighted by Crippen LogP contribution is 2.39. The maximum Gasteiger partial charge on any atom is 0.410 e. The standard InChI is InChI=1S/C17H22F2N4O4/c1-3-27-17(24)22-7-6-21(9-10(22)2)16-12(18)8-13(23(25)26)15(14(16)19)20-11-4-5-11/h8,10-11,20H,3-7,9H2,1-2H3. The molecule has 148 valence electrons. The van der Waals surface area contributed by atoms with E-state index in [2.05, 4.69) is 5.32 Å². The van der Waals surface area contributed by atoms with Gasteiger partial charge in [-0.3, -0.25) is 10.1 Å². The Kier molecular flexibility index (Phi) is 5.33. The summed E-state index contributed by atoms with van der Waals surface area (Å²) in [6, 6.07) is 0.397. The molecule has 1 amide bonds. The third-order valence-electron chi connectivity index (χ3n) is 4.74. The predicted octanol–water partition coefficient (Wildman–Crippen LogP) is 3.11. The molecule has 2 aliphatic rings. The van der Waals surface area contributed by atoms with E-state index in [1.807, 2.05) is 0 Å². The van der Waals surface area contributed by atoms with Crippen LogP contribution in [0.15, 0.2) is 6.07 Å². The lowest BCUT2D eigenvalue weighted by molar-refractivity contribution is -0.384. The number of ether oxygens (including phenoxy) is 1. The Morgan fingerprint density at radius 3 is 2.67 bits per heavy atom. The fourth-order valence-electron chi connectivity index (χ4n) is 3.24. The van der Waals surface area contributed by atoms with Gasteiger partial charge in [0.25, 0.3) is 5.69 Å². The van der Waals surface area contributed by atoms with E-state index in [9.17, 15) is 19.3 Å². The number of carbonyl (C=O) groups is 1. The minimum absolute atomic E-state index is 0.0314. The molecule has 1 saturated heterocycles. The fourth-order valence-corrected chi connectivity index (χ4v) is 3.24. The van der Waals surface area contributed by atoms with Crippen LogP contribution in [0.3, 0.4) is 0 Å². The van der Waals surface area contributed by atoms with Crippen LogP contribution in [-0.2, 0) is 4.74 Å². The first-order chi connectivity index (χ1) is 12.8. The minimum atomic E-state index is -0.989. The quantitative estimate of drug-likeness (QED) is 0.620. The average Bonchev–Trinajstić information content (AvgIpc) is 3.41. The predicted molar refractivity (Wildman–Crippen MR) is 95.1 cm³/mol. The minimum Gasteiger partial charge on any atom is -0.450 e. The number of piperazine rings is 1. The zero-order valence-corrected chi connectivity index (χ0v) is 15.2. The highest BCUT2D eigenvalue weighted by atomic mass is 19.1. The Morgan fingerprint density at radius 2 is 2.11 bits per heavy atom. The molecule has 1 unspecified atom stereocenters. The van der Waals surface area contributed by atoms with E-state index in [0.717, 1.165) is 18.9 Å². The Labute approximate surface area is 155 Å². The molecule has 1 heterocycles. The van der Waals surface area contributed by atoms with Crippen LogP contribution in [0.2, 0.25) is 0 Å². The van der Waals surface area contributed by atoms with Gasteiger partial charge in [0, 0.05) is 31.7 Å². The lowest BCUT2D eigenvalue weighted by atomic mass is 10.1. The van der Waals surface area contributed by atoms with Crippen LogP contribution in [0.25, 0.3) is 0 Å². The second-order valence-corrected chi connectivity index (χ2v) is 6.78. The molecule has 1 N–H and O–H groups in total. The Morgan fingerprint density at radius 1 is 1.41 bits per heavy atom. The topological polar surface area (TPSA) is 88.0 Å². The van der Waals surface area contributed by atoms with Crippen LogP contribution < -0.4 is 10.2 Å². The van der Waals surface area contributed by atoms with Gasteiger partial charge in [0.2, 0.25) is 0 Å². The number of carbonyl (C=O) groups excluding carboxylic acids is 1. The van der Waals surface area contributed by atoms with Crippen molar-refractivity contribution in [2.24, 2.45) is 0 Å². The number of hydrogen-bond donors (Lipinski definition) is 1. The number of hydrogen-bond acceptors (Lipinski definition) is 6. The van der Waals surface area contributed by atoms with E-state index in [1.165, 1.54) is 9.80 Å². The van der Waals surface area contributed by atoms with Gasteiger partial charge in [-0.25, -0.2) is 13.6 Å².